The fraction of sp³-hybridized carbons (Fsp3) is 0.667. The number of nitrogens with zero attached hydrogens (tertiary/aromatic N) is 3. The molecule has 0 spiro atoms. The Kier molecular flexibility index (Phi) is 13.7. The number of ether oxygens (including phenoxy) is 2. The second-order valence-electron chi connectivity index (χ2n) is 16.2. The van der Waals surface area contributed by atoms with Gasteiger partial charge in [-0.2, -0.15) is 11.8 Å². The molecule has 0 unspecified atom stereocenters. The monoisotopic (exact) mass is 789 g/mol. The molecule has 2 aliphatic heterocycles. The van der Waals surface area contributed by atoms with Crippen molar-refractivity contribution in [3.05, 3.63) is 41.0 Å². The van der Waals surface area contributed by atoms with Crippen LogP contribution in [0.5, 0.6) is 0 Å². The molecule has 5 rings (SSSR count). The summed E-state index contributed by atoms with van der Waals surface area (Å²) < 4.78 is 25.5. The minimum Gasteiger partial charge on any atom is -0.444 e. The first-order valence-electron chi connectivity index (χ1n) is 18.9. The van der Waals surface area contributed by atoms with Crippen LogP contribution in [0.1, 0.15) is 84.4 Å². The number of alkyl halides is 1. The molecule has 3 N–H and O–H groups in total. The number of amides is 4. The number of nitrogens with one attached hydrogen (secondary N) is 2. The highest BCUT2D eigenvalue weighted by Crippen LogP contribution is 2.41. The van der Waals surface area contributed by atoms with Crippen LogP contribution in [0.25, 0.3) is 10.4 Å². The van der Waals surface area contributed by atoms with Crippen LogP contribution in [0.4, 0.5) is 9.18 Å². The van der Waals surface area contributed by atoms with Gasteiger partial charge in [0.2, 0.25) is 11.8 Å². The molecule has 3 fully saturated rings. The number of piperidine rings is 1. The lowest BCUT2D eigenvalue weighted by atomic mass is 9.94. The minimum absolute atomic E-state index is 0.0519. The number of aliphatic hydroxyl groups is 1. The van der Waals surface area contributed by atoms with Gasteiger partial charge in [0, 0.05) is 49.7 Å². The topological polar surface area (TPSA) is 150 Å². The lowest BCUT2D eigenvalue weighted by Crippen LogP contribution is -2.61. The van der Waals surface area contributed by atoms with Gasteiger partial charge >= 0.3 is 6.09 Å². The molecule has 1 saturated carbocycles. The molecule has 15 heteroatoms. The van der Waals surface area contributed by atoms with E-state index in [0.717, 1.165) is 41.0 Å². The molecule has 54 heavy (non-hydrogen) atoms. The average molecular weight is 790 g/mol. The number of thiazole rings is 1. The van der Waals surface area contributed by atoms with E-state index in [4.69, 9.17) is 9.47 Å². The van der Waals surface area contributed by atoms with E-state index in [2.05, 4.69) is 15.6 Å². The van der Waals surface area contributed by atoms with Crippen LogP contribution in [0.2, 0.25) is 0 Å². The van der Waals surface area contributed by atoms with Crippen LogP contribution >= 0.6 is 23.1 Å². The van der Waals surface area contributed by atoms with Crippen LogP contribution in [-0.2, 0) is 30.4 Å². The number of hydrogen-bond donors (Lipinski definition) is 3. The summed E-state index contributed by atoms with van der Waals surface area (Å²) in [6, 6.07) is 5.71. The van der Waals surface area contributed by atoms with E-state index < -0.39 is 51.9 Å². The largest absolute Gasteiger partial charge is 0.444 e. The Balaban J connectivity index is 1.12. The van der Waals surface area contributed by atoms with E-state index in [1.165, 1.54) is 16.7 Å². The molecule has 2 aromatic rings. The van der Waals surface area contributed by atoms with Gasteiger partial charge < -0.3 is 35.0 Å². The van der Waals surface area contributed by atoms with Crippen molar-refractivity contribution in [2.75, 3.05) is 38.6 Å². The average Bonchev–Trinajstić information content (AvgIpc) is 3.53. The van der Waals surface area contributed by atoms with E-state index in [1.807, 2.05) is 65.8 Å². The summed E-state index contributed by atoms with van der Waals surface area (Å²) in [6.45, 7) is 13.6. The van der Waals surface area contributed by atoms with E-state index in [9.17, 15) is 28.7 Å². The third kappa shape index (κ3) is 11.2. The number of aliphatic hydroxyl groups excluding tert-OH is 1. The zero-order valence-corrected chi connectivity index (χ0v) is 34.0. The highest BCUT2D eigenvalue weighted by atomic mass is 32.2. The number of thioether (sulfide) groups is 1. The quantitative estimate of drug-likeness (QED) is 0.206. The first kappa shape index (κ1) is 41.9. The summed E-state index contributed by atoms with van der Waals surface area (Å²) in [5, 5.41) is 16.2. The number of benzene rings is 1. The maximum absolute atomic E-state index is 14.9. The Morgan fingerprint density at radius 1 is 1.09 bits per heavy atom. The number of hydrogen-bond acceptors (Lipinski definition) is 10. The van der Waals surface area contributed by atoms with Crippen molar-refractivity contribution in [1.29, 1.82) is 0 Å². The van der Waals surface area contributed by atoms with Gasteiger partial charge in [0.25, 0.3) is 5.91 Å². The summed E-state index contributed by atoms with van der Waals surface area (Å²) >= 11 is 2.99. The van der Waals surface area contributed by atoms with Gasteiger partial charge in [0.1, 0.15) is 17.7 Å². The standard InChI is InChI=1S/C39H56FN5O7S2/c1-25-31(53-24-42-25)28-9-7-27(8-10-28)22-41-33(47)30-21-29(46)23-45(30)34(48)32(43-35(49)39(40)14-15-39)38(5,6)54-20-19-51-18-13-26-11-16-44(17-12-26)36(50)52-37(2,3)4/h7-10,24,26,29-30,32,46H,11-23H2,1-6H3,(H,41,47)(H,43,49)/t29-,30+,32-/m1/s1. The van der Waals surface area contributed by atoms with E-state index >= 15 is 0 Å². The Bertz CT molecular complexity index is 1620. The van der Waals surface area contributed by atoms with Crippen molar-refractivity contribution >= 4 is 46.9 Å². The number of rotatable bonds is 15. The predicted octanol–water partition coefficient (Wildman–Crippen LogP) is 5.25. The number of aromatic nitrogens is 1. The Morgan fingerprint density at radius 3 is 2.39 bits per heavy atom. The lowest BCUT2D eigenvalue weighted by molar-refractivity contribution is -0.143. The minimum atomic E-state index is -2.00. The summed E-state index contributed by atoms with van der Waals surface area (Å²) in [5.41, 5.74) is 2.15. The third-order valence-corrected chi connectivity index (χ3v) is 12.6. The van der Waals surface area contributed by atoms with Crippen LogP contribution in [0.3, 0.4) is 0 Å². The number of halogens is 1. The molecule has 3 aliphatic rings. The van der Waals surface area contributed by atoms with E-state index in [1.54, 1.807) is 21.7 Å². The molecule has 1 aromatic carbocycles. The maximum Gasteiger partial charge on any atom is 0.410 e. The maximum atomic E-state index is 14.9. The van der Waals surface area contributed by atoms with Gasteiger partial charge in [0.15, 0.2) is 5.67 Å². The molecular formula is C39H56FN5O7S2. The summed E-state index contributed by atoms with van der Waals surface area (Å²) in [6.07, 6.45) is 1.68. The zero-order valence-electron chi connectivity index (χ0n) is 32.3. The first-order chi connectivity index (χ1) is 25.5. The van der Waals surface area contributed by atoms with Crippen molar-refractivity contribution in [1.82, 2.24) is 25.4 Å². The molecule has 4 amide bonds. The SMILES string of the molecule is Cc1ncsc1-c1ccc(CNC(=O)[C@@H]2C[C@@H](O)CN2C(=O)[C@@H](NC(=O)C2(F)CC2)C(C)(C)SCCOCCC2CCN(C(=O)OC(C)(C)C)CC2)cc1. The summed E-state index contributed by atoms with van der Waals surface area (Å²) in [4.78, 5) is 61.6. The Hall–Kier alpha value is -3.27. The lowest BCUT2D eigenvalue weighted by Gasteiger charge is -2.37. The van der Waals surface area contributed by atoms with Gasteiger partial charge in [-0.25, -0.2) is 14.2 Å². The fourth-order valence-electron chi connectivity index (χ4n) is 6.79. The van der Waals surface area contributed by atoms with Crippen LogP contribution in [0, 0.1) is 12.8 Å². The van der Waals surface area contributed by atoms with Crippen molar-refractivity contribution < 1.29 is 38.1 Å². The normalized spacial score (nSPS) is 20.7. The summed E-state index contributed by atoms with van der Waals surface area (Å²) in [7, 11) is 0. The number of likely N-dealkylation sites (tertiary alicyclic amines) is 2. The second kappa shape index (κ2) is 17.7. The molecule has 298 valence electrons. The van der Waals surface area contributed by atoms with Gasteiger partial charge in [0.05, 0.1) is 28.8 Å². The first-order valence-corrected chi connectivity index (χ1v) is 20.8. The van der Waals surface area contributed by atoms with E-state index in [-0.39, 0.29) is 38.4 Å². The van der Waals surface area contributed by atoms with Crippen LogP contribution in [0.15, 0.2) is 29.8 Å². The molecule has 2 saturated heterocycles. The molecule has 3 atom stereocenters. The molecular weight excluding hydrogens is 734 g/mol. The highest BCUT2D eigenvalue weighted by Gasteiger charge is 2.54. The number of β-amino-alcohol motifs (C(OH)–C–C–N with tert-alkyl or cyclic N) is 1. The predicted molar refractivity (Wildman–Crippen MR) is 208 cm³/mol. The number of aryl methyl sites for hydroxylation is 1. The van der Waals surface area contributed by atoms with Crippen molar-refractivity contribution in [2.45, 2.75) is 121 Å². The number of carbonyl (C=O) groups excluding carboxylic acids is 4. The smallest absolute Gasteiger partial charge is 0.410 e. The van der Waals surface area contributed by atoms with Crippen molar-refractivity contribution in [3.63, 3.8) is 0 Å². The fourth-order valence-corrected chi connectivity index (χ4v) is 8.66. The van der Waals surface area contributed by atoms with E-state index in [0.29, 0.717) is 38.0 Å². The molecule has 1 aliphatic carbocycles. The third-order valence-electron chi connectivity index (χ3n) is 10.2. The zero-order chi connectivity index (χ0) is 39.3. The number of carbonyl (C=O) groups is 4. The Labute approximate surface area is 326 Å². The summed E-state index contributed by atoms with van der Waals surface area (Å²) in [5.74, 6) is -0.824. The molecule has 0 radical (unpaired) electrons. The molecule has 3 heterocycles. The second-order valence-corrected chi connectivity index (χ2v) is 18.8. The van der Waals surface area contributed by atoms with Crippen LogP contribution in [-0.4, -0.2) is 117 Å². The van der Waals surface area contributed by atoms with Gasteiger partial charge in [-0.15, -0.1) is 11.3 Å². The van der Waals surface area contributed by atoms with Gasteiger partial charge in [-0.05, 0) is 90.7 Å². The van der Waals surface area contributed by atoms with Crippen molar-refractivity contribution in [2.24, 2.45) is 5.92 Å². The van der Waals surface area contributed by atoms with Gasteiger partial charge in [-0.3, -0.25) is 14.4 Å². The van der Waals surface area contributed by atoms with Crippen LogP contribution < -0.4 is 10.6 Å². The molecule has 0 bridgehead atoms. The highest BCUT2D eigenvalue weighted by molar-refractivity contribution is 8.00. The van der Waals surface area contributed by atoms with Crippen molar-refractivity contribution in [3.8, 4) is 10.4 Å². The molecule has 1 aromatic heterocycles. The molecule has 12 nitrogen and oxygen atoms in total. The Morgan fingerprint density at radius 2 is 1.78 bits per heavy atom. The van der Waals surface area contributed by atoms with Gasteiger partial charge in [-0.1, -0.05) is 24.3 Å².